The Labute approximate surface area is 201 Å². The second kappa shape index (κ2) is 8.67. The number of nitrogens with two attached hydrogens (primary N) is 1. The predicted octanol–water partition coefficient (Wildman–Crippen LogP) is 4.92. The fraction of sp³-hybridized carbons (Fsp3) is 0.269. The summed E-state index contributed by atoms with van der Waals surface area (Å²) in [6.07, 6.45) is 1.76. The van der Waals surface area contributed by atoms with Crippen LogP contribution >= 0.6 is 11.3 Å². The maximum absolute atomic E-state index is 14.5. The van der Waals surface area contributed by atoms with Crippen molar-refractivity contribution in [2.24, 2.45) is 5.73 Å². The van der Waals surface area contributed by atoms with E-state index in [4.69, 9.17) is 12.3 Å². The van der Waals surface area contributed by atoms with E-state index in [-0.39, 0.29) is 23.5 Å². The Hall–Kier alpha value is -3.54. The van der Waals surface area contributed by atoms with Crippen LogP contribution in [0.15, 0.2) is 42.5 Å². The summed E-state index contributed by atoms with van der Waals surface area (Å²) in [5, 5.41) is 0. The normalized spacial score (nSPS) is 17.6. The zero-order chi connectivity index (χ0) is 24.0. The summed E-state index contributed by atoms with van der Waals surface area (Å²) in [6, 6.07) is 12.0. The summed E-state index contributed by atoms with van der Waals surface area (Å²) in [6.45, 7) is 8.85. The third-order valence-corrected chi connectivity index (χ3v) is 7.60. The number of halogens is 1. The molecule has 2 aliphatic heterocycles. The molecule has 1 atom stereocenters. The second-order valence-electron chi connectivity index (χ2n) is 8.82. The maximum Gasteiger partial charge on any atom is 0.264 e. The summed E-state index contributed by atoms with van der Waals surface area (Å²) in [7, 11) is 1.76. The zero-order valence-corrected chi connectivity index (χ0v) is 19.5. The lowest BCUT2D eigenvalue weighted by Crippen LogP contribution is -2.45. The molecule has 172 valence electrons. The molecule has 5 rings (SSSR count). The monoisotopic (exact) mass is 474 g/mol. The summed E-state index contributed by atoms with van der Waals surface area (Å²) in [5.74, 6) is -0.742. The summed E-state index contributed by atoms with van der Waals surface area (Å²) in [5.41, 5.74) is 9.71. The van der Waals surface area contributed by atoms with E-state index in [1.807, 2.05) is 18.2 Å². The van der Waals surface area contributed by atoms with Crippen LogP contribution in [0.3, 0.4) is 0 Å². The van der Waals surface area contributed by atoms with Gasteiger partial charge in [-0.2, -0.15) is 0 Å². The molecule has 8 heteroatoms. The Morgan fingerprint density at radius 2 is 1.97 bits per heavy atom. The zero-order valence-electron chi connectivity index (χ0n) is 18.7. The largest absolute Gasteiger partial charge is 0.337 e. The van der Waals surface area contributed by atoms with Crippen molar-refractivity contribution in [1.82, 2.24) is 9.80 Å². The van der Waals surface area contributed by atoms with Gasteiger partial charge >= 0.3 is 0 Å². The predicted molar refractivity (Wildman–Crippen MR) is 130 cm³/mol. The van der Waals surface area contributed by atoms with Gasteiger partial charge in [-0.05, 0) is 47.7 Å². The van der Waals surface area contributed by atoms with Crippen LogP contribution in [0.4, 0.5) is 10.1 Å². The highest BCUT2D eigenvalue weighted by atomic mass is 32.1. The number of amides is 2. The van der Waals surface area contributed by atoms with Crippen molar-refractivity contribution in [3.8, 4) is 21.6 Å². The van der Waals surface area contributed by atoms with Crippen molar-refractivity contribution in [3.63, 3.8) is 0 Å². The number of nitrogens with zero attached hydrogens (tertiary/aromatic N) is 3. The van der Waals surface area contributed by atoms with Crippen LogP contribution in [0.2, 0.25) is 0 Å². The molecule has 1 aromatic heterocycles. The smallest absolute Gasteiger partial charge is 0.264 e. The first-order valence-corrected chi connectivity index (χ1v) is 11.9. The lowest BCUT2D eigenvalue weighted by Gasteiger charge is -2.30. The number of thiophene rings is 1. The van der Waals surface area contributed by atoms with E-state index in [9.17, 15) is 14.0 Å². The van der Waals surface area contributed by atoms with Crippen LogP contribution in [0.1, 0.15) is 38.4 Å². The van der Waals surface area contributed by atoms with E-state index in [1.54, 1.807) is 29.0 Å². The molecule has 0 radical (unpaired) electrons. The van der Waals surface area contributed by atoms with Crippen molar-refractivity contribution in [3.05, 3.63) is 75.7 Å². The van der Waals surface area contributed by atoms with Crippen LogP contribution in [0.5, 0.6) is 0 Å². The van der Waals surface area contributed by atoms with Crippen molar-refractivity contribution in [1.29, 1.82) is 0 Å². The molecule has 2 N–H and O–H groups in total. The van der Waals surface area contributed by atoms with Gasteiger partial charge in [0, 0.05) is 48.7 Å². The van der Waals surface area contributed by atoms with E-state index in [0.717, 1.165) is 28.8 Å². The molecule has 0 aliphatic carbocycles. The number of likely N-dealkylation sites (tertiary alicyclic amines) is 1. The fourth-order valence-corrected chi connectivity index (χ4v) is 5.77. The van der Waals surface area contributed by atoms with Gasteiger partial charge in [0.05, 0.1) is 11.4 Å². The molecule has 2 aromatic carbocycles. The molecular weight excluding hydrogens is 451 g/mol. The van der Waals surface area contributed by atoms with Gasteiger partial charge in [-0.15, -0.1) is 11.3 Å². The van der Waals surface area contributed by atoms with Gasteiger partial charge in [0.15, 0.2) is 0 Å². The van der Waals surface area contributed by atoms with Crippen molar-refractivity contribution < 1.29 is 14.0 Å². The van der Waals surface area contributed by atoms with Crippen LogP contribution < -0.4 is 5.73 Å². The van der Waals surface area contributed by atoms with E-state index >= 15 is 0 Å². The standard InChI is InChI=1S/C26H23FN4O2S/c1-29-22-8-7-15(11-21(22)27)19-12-23(26(33)31-9-3-4-18(28)14-31)34-24(19)16-5-6-17-13-30(2)25(32)20(17)10-16/h5-8,10-12,18H,3-4,9,13-14,28H2,2H3/t18-/m1/s1. The van der Waals surface area contributed by atoms with Gasteiger partial charge in [-0.25, -0.2) is 9.24 Å². The van der Waals surface area contributed by atoms with Crippen LogP contribution in [0, 0.1) is 12.4 Å². The SMILES string of the molecule is [C-]#[N+]c1ccc(-c2cc(C(=O)N3CCC[C@@H](N)C3)sc2-c2ccc3c(c2)C(=O)N(C)C3)cc1F. The van der Waals surface area contributed by atoms with E-state index in [0.29, 0.717) is 41.2 Å². The van der Waals surface area contributed by atoms with Gasteiger partial charge in [-0.3, -0.25) is 9.59 Å². The summed E-state index contributed by atoms with van der Waals surface area (Å²) >= 11 is 1.33. The van der Waals surface area contributed by atoms with Gasteiger partial charge in [0.1, 0.15) is 5.82 Å². The number of hydrogen-bond donors (Lipinski definition) is 1. The molecule has 6 nitrogen and oxygen atoms in total. The van der Waals surface area contributed by atoms with Crippen molar-refractivity contribution in [2.75, 3.05) is 20.1 Å². The molecule has 3 aromatic rings. The van der Waals surface area contributed by atoms with Gasteiger partial charge in [0.25, 0.3) is 11.8 Å². The molecule has 1 saturated heterocycles. The number of fused-ring (bicyclic) bond motifs is 1. The Bertz CT molecular complexity index is 1360. The Kier molecular flexibility index (Phi) is 5.68. The Balaban J connectivity index is 1.62. The number of rotatable bonds is 3. The first kappa shape index (κ1) is 22.3. The lowest BCUT2D eigenvalue weighted by atomic mass is 9.99. The summed E-state index contributed by atoms with van der Waals surface area (Å²) in [4.78, 5) is 33.9. The number of hydrogen-bond acceptors (Lipinski definition) is 4. The minimum Gasteiger partial charge on any atom is -0.337 e. The molecule has 3 heterocycles. The average molecular weight is 475 g/mol. The Morgan fingerprint density at radius 3 is 2.71 bits per heavy atom. The Morgan fingerprint density at radius 1 is 1.18 bits per heavy atom. The van der Waals surface area contributed by atoms with Gasteiger partial charge in [0.2, 0.25) is 5.69 Å². The van der Waals surface area contributed by atoms with Crippen LogP contribution in [-0.4, -0.2) is 47.8 Å². The first-order chi connectivity index (χ1) is 16.4. The van der Waals surface area contributed by atoms with Crippen LogP contribution in [0.25, 0.3) is 26.4 Å². The average Bonchev–Trinajstić information content (AvgIpc) is 3.40. The second-order valence-corrected chi connectivity index (χ2v) is 9.87. The van der Waals surface area contributed by atoms with E-state index in [1.165, 1.54) is 23.5 Å². The highest BCUT2D eigenvalue weighted by Gasteiger charge is 2.28. The van der Waals surface area contributed by atoms with E-state index in [2.05, 4.69) is 4.85 Å². The van der Waals surface area contributed by atoms with Gasteiger partial charge in [-0.1, -0.05) is 24.3 Å². The van der Waals surface area contributed by atoms with Gasteiger partial charge < -0.3 is 15.5 Å². The number of carbonyl (C=O) groups excluding carboxylic acids is 2. The molecule has 34 heavy (non-hydrogen) atoms. The molecule has 2 amide bonds. The minimum atomic E-state index is -0.606. The molecule has 0 unspecified atom stereocenters. The molecule has 2 aliphatic rings. The number of carbonyl (C=O) groups is 2. The highest BCUT2D eigenvalue weighted by Crippen LogP contribution is 2.42. The number of piperidine rings is 1. The minimum absolute atomic E-state index is 0.0356. The molecule has 1 fully saturated rings. The first-order valence-electron chi connectivity index (χ1n) is 11.1. The van der Waals surface area contributed by atoms with Crippen LogP contribution in [-0.2, 0) is 6.54 Å². The van der Waals surface area contributed by atoms with Crippen molar-refractivity contribution in [2.45, 2.75) is 25.4 Å². The topological polar surface area (TPSA) is 71.0 Å². The maximum atomic E-state index is 14.5. The quantitative estimate of drug-likeness (QED) is 0.548. The van der Waals surface area contributed by atoms with Crippen molar-refractivity contribution >= 4 is 28.8 Å². The third-order valence-electron chi connectivity index (χ3n) is 6.42. The molecular formula is C26H23FN4O2S. The molecule has 0 bridgehead atoms. The lowest BCUT2D eigenvalue weighted by molar-refractivity contribution is 0.0713. The number of benzene rings is 2. The summed E-state index contributed by atoms with van der Waals surface area (Å²) < 4.78 is 14.5. The fourth-order valence-electron chi connectivity index (χ4n) is 4.63. The highest BCUT2D eigenvalue weighted by molar-refractivity contribution is 7.18. The molecule has 0 saturated carbocycles. The molecule has 0 spiro atoms. The van der Waals surface area contributed by atoms with E-state index < -0.39 is 5.82 Å². The third kappa shape index (κ3) is 3.87.